The molecule has 3 rings (SSSR count). The van der Waals surface area contributed by atoms with Gasteiger partial charge in [0.2, 0.25) is 11.6 Å². The molecule has 1 N–H and O–H groups in total. The second-order valence-electron chi connectivity index (χ2n) is 2.97. The molecular weight excluding hydrogens is 208 g/mol. The van der Waals surface area contributed by atoms with E-state index in [2.05, 4.69) is 36.0 Å². The highest BCUT2D eigenvalue weighted by atomic mass is 15.6. The van der Waals surface area contributed by atoms with Crippen molar-refractivity contribution in [1.29, 1.82) is 0 Å². The van der Waals surface area contributed by atoms with E-state index in [-0.39, 0.29) is 0 Å². The lowest BCUT2D eigenvalue weighted by atomic mass is 10.3. The Morgan fingerprint density at radius 3 is 2.62 bits per heavy atom. The van der Waals surface area contributed by atoms with Gasteiger partial charge in [-0.2, -0.15) is 5.21 Å². The largest absolute Gasteiger partial charge is 0.246 e. The highest BCUT2D eigenvalue weighted by molar-refractivity contribution is 5.39. The summed E-state index contributed by atoms with van der Waals surface area (Å²) in [5.41, 5.74) is 0.824. The van der Waals surface area contributed by atoms with E-state index in [4.69, 9.17) is 0 Å². The van der Waals surface area contributed by atoms with E-state index in [9.17, 15) is 0 Å². The average Bonchev–Trinajstić information content (AvgIpc) is 3.01. The smallest absolute Gasteiger partial charge is 0.177 e. The predicted molar refractivity (Wildman–Crippen MR) is 52.3 cm³/mol. The Hall–Kier alpha value is -2.64. The molecule has 16 heavy (non-hydrogen) atoms. The van der Waals surface area contributed by atoms with Crippen molar-refractivity contribution in [1.82, 2.24) is 40.8 Å². The number of hydrogen-bond donors (Lipinski definition) is 1. The molecule has 0 atom stereocenters. The van der Waals surface area contributed by atoms with Crippen LogP contribution in [-0.2, 0) is 0 Å². The summed E-state index contributed by atoms with van der Waals surface area (Å²) in [4.78, 5) is 1.41. The zero-order valence-electron chi connectivity index (χ0n) is 8.02. The topological polar surface area (TPSA) is 98.1 Å². The summed E-state index contributed by atoms with van der Waals surface area (Å²) in [5.74, 6) is 0.653. The predicted octanol–water partition coefficient (Wildman–Crippen LogP) is -0.158. The summed E-state index contributed by atoms with van der Waals surface area (Å²) in [5, 5.41) is 25.2. The third-order valence-electron chi connectivity index (χ3n) is 1.95. The van der Waals surface area contributed by atoms with Crippen LogP contribution in [0.15, 0.2) is 30.3 Å². The molecule has 8 nitrogen and oxygen atoms in total. The number of nitrogens with zero attached hydrogens (tertiary/aromatic N) is 7. The van der Waals surface area contributed by atoms with Crippen molar-refractivity contribution in [3.63, 3.8) is 0 Å². The van der Waals surface area contributed by atoms with Crippen LogP contribution >= 0.6 is 0 Å². The van der Waals surface area contributed by atoms with E-state index in [0.29, 0.717) is 11.6 Å². The lowest BCUT2D eigenvalue weighted by Gasteiger charge is -1.94. The fourth-order valence-electron chi connectivity index (χ4n) is 1.23. The molecule has 0 bridgehead atoms. The summed E-state index contributed by atoms with van der Waals surface area (Å²) in [6.07, 6.45) is 0. The molecule has 0 saturated heterocycles. The summed E-state index contributed by atoms with van der Waals surface area (Å²) >= 11 is 0. The van der Waals surface area contributed by atoms with Crippen LogP contribution in [-0.4, -0.2) is 40.8 Å². The van der Waals surface area contributed by atoms with Gasteiger partial charge in [-0.15, -0.1) is 25.2 Å². The zero-order chi connectivity index (χ0) is 10.8. The van der Waals surface area contributed by atoms with E-state index in [0.717, 1.165) is 5.69 Å². The van der Waals surface area contributed by atoms with Crippen LogP contribution in [0.4, 0.5) is 0 Å². The van der Waals surface area contributed by atoms with Gasteiger partial charge < -0.3 is 0 Å². The van der Waals surface area contributed by atoms with E-state index < -0.39 is 0 Å². The molecule has 2 heterocycles. The number of tetrazole rings is 2. The molecule has 2 aromatic heterocycles. The van der Waals surface area contributed by atoms with Gasteiger partial charge in [-0.1, -0.05) is 18.2 Å². The molecular formula is C8H6N8. The van der Waals surface area contributed by atoms with Crippen LogP contribution in [0.2, 0.25) is 0 Å². The molecule has 0 saturated carbocycles. The maximum atomic E-state index is 4.13. The molecule has 0 amide bonds. The first-order valence-corrected chi connectivity index (χ1v) is 4.53. The molecule has 1 aromatic carbocycles. The molecule has 0 fully saturated rings. The van der Waals surface area contributed by atoms with Gasteiger partial charge >= 0.3 is 0 Å². The first-order valence-electron chi connectivity index (χ1n) is 4.53. The third-order valence-corrected chi connectivity index (χ3v) is 1.95. The minimum Gasteiger partial charge on any atom is -0.177 e. The van der Waals surface area contributed by atoms with Crippen molar-refractivity contribution in [3.05, 3.63) is 30.3 Å². The number of rotatable bonds is 2. The van der Waals surface area contributed by atoms with Crippen molar-refractivity contribution in [3.8, 4) is 17.3 Å². The minimum absolute atomic E-state index is 0.321. The van der Waals surface area contributed by atoms with Gasteiger partial charge in [-0.3, -0.25) is 0 Å². The van der Waals surface area contributed by atoms with E-state index in [1.54, 1.807) is 0 Å². The van der Waals surface area contributed by atoms with Crippen LogP contribution < -0.4 is 0 Å². The van der Waals surface area contributed by atoms with Crippen molar-refractivity contribution in [2.45, 2.75) is 0 Å². The third kappa shape index (κ3) is 1.41. The SMILES string of the molecule is c1ccc(-n2nnc(-c3nn[nH]n3)n2)cc1. The maximum absolute atomic E-state index is 4.13. The Morgan fingerprint density at radius 2 is 1.88 bits per heavy atom. The monoisotopic (exact) mass is 214 g/mol. The molecule has 0 aliphatic carbocycles. The maximum Gasteiger partial charge on any atom is 0.246 e. The van der Waals surface area contributed by atoms with E-state index in [1.807, 2.05) is 30.3 Å². The molecule has 8 heteroatoms. The number of benzene rings is 1. The Kier molecular flexibility index (Phi) is 1.89. The molecule has 0 unspecified atom stereocenters. The second-order valence-corrected chi connectivity index (χ2v) is 2.97. The van der Waals surface area contributed by atoms with Crippen LogP contribution in [0.1, 0.15) is 0 Å². The Balaban J connectivity index is 2.00. The van der Waals surface area contributed by atoms with Gasteiger partial charge in [-0.05, 0) is 22.6 Å². The number of aromatic amines is 1. The van der Waals surface area contributed by atoms with E-state index in [1.165, 1.54) is 4.80 Å². The van der Waals surface area contributed by atoms with Gasteiger partial charge in [0, 0.05) is 0 Å². The molecule has 3 aromatic rings. The summed E-state index contributed by atoms with van der Waals surface area (Å²) in [7, 11) is 0. The van der Waals surface area contributed by atoms with Gasteiger partial charge in [0.15, 0.2) is 0 Å². The number of aromatic nitrogens is 8. The molecule has 0 aliphatic rings. The van der Waals surface area contributed by atoms with Crippen molar-refractivity contribution < 1.29 is 0 Å². The minimum atomic E-state index is 0.321. The Bertz CT molecular complexity index is 569. The average molecular weight is 214 g/mol. The fourth-order valence-corrected chi connectivity index (χ4v) is 1.23. The van der Waals surface area contributed by atoms with Gasteiger partial charge in [0.05, 0.1) is 5.69 Å². The lowest BCUT2D eigenvalue weighted by molar-refractivity contribution is 0.720. The number of hydrogen-bond acceptors (Lipinski definition) is 6. The van der Waals surface area contributed by atoms with Crippen LogP contribution in [0.5, 0.6) is 0 Å². The summed E-state index contributed by atoms with van der Waals surface area (Å²) in [6.45, 7) is 0. The number of H-pyrrole nitrogens is 1. The van der Waals surface area contributed by atoms with Gasteiger partial charge in [0.25, 0.3) is 0 Å². The van der Waals surface area contributed by atoms with E-state index >= 15 is 0 Å². The Morgan fingerprint density at radius 1 is 1.00 bits per heavy atom. The quantitative estimate of drug-likeness (QED) is 0.636. The number of nitrogens with one attached hydrogen (secondary N) is 1. The molecule has 78 valence electrons. The standard InChI is InChI=1S/C8H6N8/c1-2-4-6(5-3-1)16-12-8(11-15-16)7-9-13-14-10-7/h1-5H,(H,9,10,13,14). The van der Waals surface area contributed by atoms with Crippen LogP contribution in [0, 0.1) is 0 Å². The van der Waals surface area contributed by atoms with Crippen molar-refractivity contribution in [2.24, 2.45) is 0 Å². The van der Waals surface area contributed by atoms with Gasteiger partial charge in [-0.25, -0.2) is 0 Å². The second kappa shape index (κ2) is 3.50. The number of para-hydroxylation sites is 1. The fraction of sp³-hybridized carbons (Fsp3) is 0. The highest BCUT2D eigenvalue weighted by Crippen LogP contribution is 2.07. The summed E-state index contributed by atoms with van der Waals surface area (Å²) in [6, 6.07) is 9.46. The lowest BCUT2D eigenvalue weighted by Crippen LogP contribution is -1.98. The van der Waals surface area contributed by atoms with Crippen LogP contribution in [0.25, 0.3) is 17.3 Å². The first-order chi connectivity index (χ1) is 7.93. The van der Waals surface area contributed by atoms with Crippen LogP contribution in [0.3, 0.4) is 0 Å². The normalized spacial score (nSPS) is 10.5. The Labute approximate surface area is 89.3 Å². The summed E-state index contributed by atoms with van der Waals surface area (Å²) < 4.78 is 0. The molecule has 0 spiro atoms. The zero-order valence-corrected chi connectivity index (χ0v) is 8.02. The first kappa shape index (κ1) is 8.65. The molecule has 0 radical (unpaired) electrons. The van der Waals surface area contributed by atoms with Crippen molar-refractivity contribution in [2.75, 3.05) is 0 Å². The van der Waals surface area contributed by atoms with Crippen molar-refractivity contribution >= 4 is 0 Å². The molecule has 0 aliphatic heterocycles. The highest BCUT2D eigenvalue weighted by Gasteiger charge is 2.10. The van der Waals surface area contributed by atoms with Gasteiger partial charge in [0.1, 0.15) is 0 Å².